The molecule has 0 saturated heterocycles. The van der Waals surface area contributed by atoms with Crippen molar-refractivity contribution in [3.05, 3.63) is 35.2 Å². The van der Waals surface area contributed by atoms with E-state index < -0.39 is 16.0 Å². The SMILES string of the molecule is CCCn1c(SCC(=O)Nc2sccc2C(=O)OCC)nc2cc(S(N)(=O)=O)ccc21. The van der Waals surface area contributed by atoms with E-state index in [4.69, 9.17) is 9.88 Å². The summed E-state index contributed by atoms with van der Waals surface area (Å²) in [4.78, 5) is 28.9. The van der Waals surface area contributed by atoms with Crippen molar-refractivity contribution in [1.82, 2.24) is 9.55 Å². The van der Waals surface area contributed by atoms with Gasteiger partial charge in [-0.1, -0.05) is 18.7 Å². The number of hydrogen-bond acceptors (Lipinski definition) is 8. The summed E-state index contributed by atoms with van der Waals surface area (Å²) < 4.78 is 30.2. The molecule has 0 saturated carbocycles. The Balaban J connectivity index is 1.77. The van der Waals surface area contributed by atoms with E-state index in [9.17, 15) is 18.0 Å². The number of amides is 1. The van der Waals surface area contributed by atoms with Crippen LogP contribution >= 0.6 is 23.1 Å². The zero-order chi connectivity index (χ0) is 22.6. The third-order valence-electron chi connectivity index (χ3n) is 4.21. The van der Waals surface area contributed by atoms with Crippen LogP contribution in [0, 0.1) is 0 Å². The molecule has 0 atom stereocenters. The van der Waals surface area contributed by atoms with Crippen molar-refractivity contribution in [2.45, 2.75) is 36.9 Å². The normalized spacial score (nSPS) is 11.6. The number of anilines is 1. The van der Waals surface area contributed by atoms with E-state index in [1.807, 2.05) is 11.5 Å². The number of aryl methyl sites for hydroxylation is 1. The maximum atomic E-state index is 12.5. The molecule has 0 fully saturated rings. The molecule has 0 bridgehead atoms. The van der Waals surface area contributed by atoms with Crippen LogP contribution in [0.15, 0.2) is 39.7 Å². The zero-order valence-electron chi connectivity index (χ0n) is 17.0. The van der Waals surface area contributed by atoms with Gasteiger partial charge in [-0.3, -0.25) is 4.79 Å². The molecule has 2 heterocycles. The van der Waals surface area contributed by atoms with Gasteiger partial charge in [0.15, 0.2) is 5.16 Å². The summed E-state index contributed by atoms with van der Waals surface area (Å²) in [5, 5.41) is 10.7. The van der Waals surface area contributed by atoms with Gasteiger partial charge in [0.2, 0.25) is 15.9 Å². The van der Waals surface area contributed by atoms with E-state index >= 15 is 0 Å². The van der Waals surface area contributed by atoms with Gasteiger partial charge < -0.3 is 14.6 Å². The van der Waals surface area contributed by atoms with Crippen LogP contribution in [0.5, 0.6) is 0 Å². The third-order valence-corrected chi connectivity index (χ3v) is 6.92. The number of nitrogens with one attached hydrogen (secondary N) is 1. The van der Waals surface area contributed by atoms with Gasteiger partial charge in [0, 0.05) is 6.54 Å². The van der Waals surface area contributed by atoms with E-state index in [-0.39, 0.29) is 23.2 Å². The van der Waals surface area contributed by atoms with Gasteiger partial charge in [0.05, 0.1) is 33.9 Å². The van der Waals surface area contributed by atoms with Gasteiger partial charge in [-0.2, -0.15) is 0 Å². The Morgan fingerprint density at radius 3 is 2.74 bits per heavy atom. The molecular formula is C19H22N4O5S3. The maximum absolute atomic E-state index is 12.5. The first-order chi connectivity index (χ1) is 14.7. The molecule has 2 aromatic heterocycles. The average Bonchev–Trinajstić information content (AvgIpc) is 3.30. The summed E-state index contributed by atoms with van der Waals surface area (Å²) in [6, 6.07) is 6.15. The highest BCUT2D eigenvalue weighted by Crippen LogP contribution is 2.28. The van der Waals surface area contributed by atoms with Crippen molar-refractivity contribution in [2.24, 2.45) is 5.14 Å². The lowest BCUT2D eigenvalue weighted by atomic mass is 10.3. The Bertz CT molecular complexity index is 1220. The second-order valence-electron chi connectivity index (χ2n) is 6.46. The van der Waals surface area contributed by atoms with Crippen LogP contribution in [-0.4, -0.2) is 42.2 Å². The molecule has 3 aromatic rings. The topological polar surface area (TPSA) is 133 Å². The molecule has 31 heavy (non-hydrogen) atoms. The number of benzene rings is 1. The predicted molar refractivity (Wildman–Crippen MR) is 121 cm³/mol. The minimum absolute atomic E-state index is 0.0142. The Labute approximate surface area is 188 Å². The predicted octanol–water partition coefficient (Wildman–Crippen LogP) is 3.06. The van der Waals surface area contributed by atoms with Crippen molar-refractivity contribution >= 4 is 61.0 Å². The number of ether oxygens (including phenoxy) is 1. The number of fused-ring (bicyclic) bond motifs is 1. The molecule has 0 radical (unpaired) electrons. The number of sulfonamides is 1. The molecule has 166 valence electrons. The number of carbonyl (C=O) groups excluding carboxylic acids is 2. The van der Waals surface area contributed by atoms with Crippen molar-refractivity contribution in [3.63, 3.8) is 0 Å². The largest absolute Gasteiger partial charge is 0.462 e. The van der Waals surface area contributed by atoms with Crippen LogP contribution in [0.1, 0.15) is 30.6 Å². The number of thioether (sulfide) groups is 1. The highest BCUT2D eigenvalue weighted by Gasteiger charge is 2.18. The number of esters is 1. The molecule has 0 unspecified atom stereocenters. The van der Waals surface area contributed by atoms with Crippen molar-refractivity contribution in [1.29, 1.82) is 0 Å². The number of nitrogens with zero attached hydrogens (tertiary/aromatic N) is 2. The van der Waals surface area contributed by atoms with Crippen LogP contribution in [0.4, 0.5) is 5.00 Å². The molecular weight excluding hydrogens is 460 g/mol. The van der Waals surface area contributed by atoms with Gasteiger partial charge >= 0.3 is 5.97 Å². The minimum Gasteiger partial charge on any atom is -0.462 e. The molecule has 0 aliphatic heterocycles. The molecule has 9 nitrogen and oxygen atoms in total. The molecule has 1 amide bonds. The lowest BCUT2D eigenvalue weighted by Gasteiger charge is -2.08. The number of thiophene rings is 1. The summed E-state index contributed by atoms with van der Waals surface area (Å²) >= 11 is 2.47. The van der Waals surface area contributed by atoms with Crippen molar-refractivity contribution in [3.8, 4) is 0 Å². The monoisotopic (exact) mass is 482 g/mol. The quantitative estimate of drug-likeness (QED) is 0.354. The van der Waals surface area contributed by atoms with Crippen LogP contribution in [0.3, 0.4) is 0 Å². The summed E-state index contributed by atoms with van der Waals surface area (Å²) in [5.74, 6) is -0.713. The van der Waals surface area contributed by atoms with E-state index in [0.29, 0.717) is 27.8 Å². The fourth-order valence-electron chi connectivity index (χ4n) is 2.88. The Kier molecular flexibility index (Phi) is 7.36. The number of imidazole rings is 1. The summed E-state index contributed by atoms with van der Waals surface area (Å²) in [6.45, 7) is 4.64. The van der Waals surface area contributed by atoms with Gasteiger partial charge in [-0.15, -0.1) is 11.3 Å². The van der Waals surface area contributed by atoms with Crippen LogP contribution in [0.2, 0.25) is 0 Å². The van der Waals surface area contributed by atoms with Crippen molar-refractivity contribution in [2.75, 3.05) is 17.7 Å². The second kappa shape index (κ2) is 9.81. The first-order valence-electron chi connectivity index (χ1n) is 9.45. The van der Waals surface area contributed by atoms with Gasteiger partial charge in [0.25, 0.3) is 0 Å². The first kappa shape index (κ1) is 23.3. The molecule has 3 N–H and O–H groups in total. The fourth-order valence-corrected chi connectivity index (χ4v) is 5.05. The number of aromatic nitrogens is 2. The molecule has 0 aliphatic rings. The molecule has 3 rings (SSSR count). The fraction of sp³-hybridized carbons (Fsp3) is 0.316. The lowest BCUT2D eigenvalue weighted by Crippen LogP contribution is -2.16. The third kappa shape index (κ3) is 5.45. The summed E-state index contributed by atoms with van der Waals surface area (Å²) in [5.41, 5.74) is 1.57. The summed E-state index contributed by atoms with van der Waals surface area (Å²) in [7, 11) is -3.84. The molecule has 0 aliphatic carbocycles. The minimum atomic E-state index is -3.84. The van der Waals surface area contributed by atoms with Gasteiger partial charge in [-0.05, 0) is 43.0 Å². The van der Waals surface area contributed by atoms with E-state index in [1.54, 1.807) is 24.4 Å². The zero-order valence-corrected chi connectivity index (χ0v) is 19.4. The average molecular weight is 483 g/mol. The van der Waals surface area contributed by atoms with Gasteiger partial charge in [0.1, 0.15) is 5.00 Å². The number of nitrogens with two attached hydrogens (primary N) is 1. The second-order valence-corrected chi connectivity index (χ2v) is 9.88. The van der Waals surface area contributed by atoms with E-state index in [1.165, 1.54) is 35.2 Å². The Morgan fingerprint density at radius 2 is 2.06 bits per heavy atom. The number of carbonyl (C=O) groups is 2. The Hall–Kier alpha value is -2.41. The maximum Gasteiger partial charge on any atom is 0.341 e. The van der Waals surface area contributed by atoms with Crippen LogP contribution in [-0.2, 0) is 26.1 Å². The lowest BCUT2D eigenvalue weighted by molar-refractivity contribution is -0.113. The highest BCUT2D eigenvalue weighted by molar-refractivity contribution is 7.99. The highest BCUT2D eigenvalue weighted by atomic mass is 32.2. The smallest absolute Gasteiger partial charge is 0.341 e. The molecule has 0 spiro atoms. The molecule has 12 heteroatoms. The van der Waals surface area contributed by atoms with Crippen LogP contribution < -0.4 is 10.5 Å². The summed E-state index contributed by atoms with van der Waals surface area (Å²) in [6.07, 6.45) is 0.834. The van der Waals surface area contributed by atoms with Crippen LogP contribution in [0.25, 0.3) is 11.0 Å². The standard InChI is InChI=1S/C19H22N4O5S3/c1-3-8-23-15-6-5-12(31(20,26)27)10-14(15)21-19(23)30-11-16(24)22-17-13(7-9-29-17)18(25)28-4-2/h5-7,9-10H,3-4,8,11H2,1-2H3,(H,22,24)(H2,20,26,27). The van der Waals surface area contributed by atoms with E-state index in [0.717, 1.165) is 11.9 Å². The van der Waals surface area contributed by atoms with Crippen molar-refractivity contribution < 1.29 is 22.7 Å². The van der Waals surface area contributed by atoms with Gasteiger partial charge in [-0.25, -0.2) is 23.3 Å². The van der Waals surface area contributed by atoms with E-state index in [2.05, 4.69) is 10.3 Å². The number of rotatable bonds is 9. The number of hydrogen-bond donors (Lipinski definition) is 2. The first-order valence-corrected chi connectivity index (χ1v) is 12.9. The Morgan fingerprint density at radius 1 is 1.29 bits per heavy atom. The number of primary sulfonamides is 1. The molecule has 1 aromatic carbocycles.